The normalized spacial score (nSPS) is 23.7. The standard InChI is InChI=1S/C16H21ClF3N/c1-2-11-4-3-5-14(7-6-11)21-15-9-12(16(18,19)20)8-13(17)10-15/h8-11,14,21H,2-7H2,1H3. The van der Waals surface area contributed by atoms with Gasteiger partial charge in [-0.05, 0) is 43.4 Å². The Labute approximate surface area is 128 Å². The van der Waals surface area contributed by atoms with Gasteiger partial charge in [0.2, 0.25) is 0 Å². The van der Waals surface area contributed by atoms with Gasteiger partial charge in [0.15, 0.2) is 0 Å². The van der Waals surface area contributed by atoms with Gasteiger partial charge >= 0.3 is 6.18 Å². The zero-order valence-corrected chi connectivity index (χ0v) is 12.9. The third kappa shape index (κ3) is 4.80. The van der Waals surface area contributed by atoms with Gasteiger partial charge in [-0.25, -0.2) is 0 Å². The van der Waals surface area contributed by atoms with Crippen LogP contribution < -0.4 is 5.32 Å². The van der Waals surface area contributed by atoms with Gasteiger partial charge < -0.3 is 5.32 Å². The molecule has 2 unspecified atom stereocenters. The van der Waals surface area contributed by atoms with E-state index in [4.69, 9.17) is 11.6 Å². The molecule has 2 rings (SSSR count). The first-order valence-corrected chi connectivity index (χ1v) is 7.90. The molecule has 118 valence electrons. The van der Waals surface area contributed by atoms with E-state index in [1.54, 1.807) is 6.07 Å². The number of alkyl halides is 3. The smallest absolute Gasteiger partial charge is 0.382 e. The summed E-state index contributed by atoms with van der Waals surface area (Å²) in [4.78, 5) is 0. The molecule has 0 bridgehead atoms. The quantitative estimate of drug-likeness (QED) is 0.661. The van der Waals surface area contributed by atoms with Crippen LogP contribution >= 0.6 is 11.6 Å². The zero-order chi connectivity index (χ0) is 15.5. The molecule has 0 amide bonds. The predicted octanol–water partition coefficient (Wildman–Crippen LogP) is 6.13. The Balaban J connectivity index is 2.07. The Morgan fingerprint density at radius 2 is 1.90 bits per heavy atom. The predicted molar refractivity (Wildman–Crippen MR) is 80.7 cm³/mol. The Hall–Kier alpha value is -0.900. The molecule has 0 spiro atoms. The first kappa shape index (κ1) is 16.5. The maximum absolute atomic E-state index is 12.8. The second-order valence-electron chi connectivity index (χ2n) is 5.85. The Morgan fingerprint density at radius 3 is 2.57 bits per heavy atom. The number of rotatable bonds is 3. The highest BCUT2D eigenvalue weighted by Gasteiger charge is 2.31. The van der Waals surface area contributed by atoms with Gasteiger partial charge in [0, 0.05) is 16.8 Å². The van der Waals surface area contributed by atoms with Crippen LogP contribution in [0.4, 0.5) is 18.9 Å². The van der Waals surface area contributed by atoms with Crippen molar-refractivity contribution in [3.05, 3.63) is 28.8 Å². The number of benzene rings is 1. The lowest BCUT2D eigenvalue weighted by atomic mass is 9.98. The zero-order valence-electron chi connectivity index (χ0n) is 12.1. The van der Waals surface area contributed by atoms with E-state index in [2.05, 4.69) is 12.2 Å². The summed E-state index contributed by atoms with van der Waals surface area (Å²) in [7, 11) is 0. The third-order valence-electron chi connectivity index (χ3n) is 4.26. The summed E-state index contributed by atoms with van der Waals surface area (Å²) in [6, 6.07) is 3.92. The second kappa shape index (κ2) is 6.91. The van der Waals surface area contributed by atoms with Gasteiger partial charge in [-0.15, -0.1) is 0 Å². The minimum absolute atomic E-state index is 0.118. The van der Waals surface area contributed by atoms with Crippen LogP contribution in [-0.4, -0.2) is 6.04 Å². The van der Waals surface area contributed by atoms with Crippen LogP contribution in [0, 0.1) is 5.92 Å². The first-order chi connectivity index (χ1) is 9.88. The van der Waals surface area contributed by atoms with E-state index in [-0.39, 0.29) is 11.1 Å². The lowest BCUT2D eigenvalue weighted by molar-refractivity contribution is -0.137. The van der Waals surface area contributed by atoms with Crippen molar-refractivity contribution >= 4 is 17.3 Å². The second-order valence-corrected chi connectivity index (χ2v) is 6.29. The number of hydrogen-bond acceptors (Lipinski definition) is 1. The summed E-state index contributed by atoms with van der Waals surface area (Å²) in [5.74, 6) is 0.752. The molecule has 1 aromatic rings. The molecule has 1 fully saturated rings. The summed E-state index contributed by atoms with van der Waals surface area (Å²) in [5, 5.41) is 3.35. The van der Waals surface area contributed by atoms with Crippen LogP contribution in [0.2, 0.25) is 5.02 Å². The van der Waals surface area contributed by atoms with Crippen molar-refractivity contribution in [3.8, 4) is 0 Å². The van der Waals surface area contributed by atoms with Crippen LogP contribution in [0.5, 0.6) is 0 Å². The highest BCUT2D eigenvalue weighted by Crippen LogP contribution is 2.34. The van der Waals surface area contributed by atoms with Crippen LogP contribution in [0.1, 0.15) is 51.0 Å². The summed E-state index contributed by atoms with van der Waals surface area (Å²) >= 11 is 5.81. The summed E-state index contributed by atoms with van der Waals surface area (Å²) in [6.07, 6.45) is 2.32. The molecule has 0 heterocycles. The van der Waals surface area contributed by atoms with Gasteiger partial charge in [0.25, 0.3) is 0 Å². The van der Waals surface area contributed by atoms with Crippen LogP contribution in [0.15, 0.2) is 18.2 Å². The van der Waals surface area contributed by atoms with Crippen LogP contribution in [-0.2, 0) is 6.18 Å². The van der Waals surface area contributed by atoms with E-state index >= 15 is 0 Å². The van der Waals surface area contributed by atoms with E-state index < -0.39 is 11.7 Å². The highest BCUT2D eigenvalue weighted by molar-refractivity contribution is 6.30. The molecule has 2 atom stereocenters. The fourth-order valence-electron chi connectivity index (χ4n) is 3.00. The van der Waals surface area contributed by atoms with E-state index in [1.807, 2.05) is 0 Å². The fraction of sp³-hybridized carbons (Fsp3) is 0.625. The highest BCUT2D eigenvalue weighted by atomic mass is 35.5. The Bertz CT molecular complexity index is 473. The summed E-state index contributed by atoms with van der Waals surface area (Å²) in [6.45, 7) is 2.20. The molecule has 21 heavy (non-hydrogen) atoms. The number of nitrogens with one attached hydrogen (secondary N) is 1. The lowest BCUT2D eigenvalue weighted by Crippen LogP contribution is -2.19. The summed E-state index contributed by atoms with van der Waals surface area (Å²) < 4.78 is 38.4. The van der Waals surface area contributed by atoms with Crippen molar-refractivity contribution in [2.75, 3.05) is 5.32 Å². The average molecular weight is 320 g/mol. The summed E-state index contributed by atoms with van der Waals surface area (Å²) in [5.41, 5.74) is -0.229. The first-order valence-electron chi connectivity index (χ1n) is 7.53. The number of halogens is 4. The molecular formula is C16H21ClF3N. The molecule has 1 aliphatic rings. The molecule has 1 N–H and O–H groups in total. The molecule has 0 aromatic heterocycles. The van der Waals surface area contributed by atoms with Crippen LogP contribution in [0.25, 0.3) is 0 Å². The SMILES string of the molecule is CCC1CCCC(Nc2cc(Cl)cc(C(F)(F)F)c2)CC1. The fourth-order valence-corrected chi connectivity index (χ4v) is 3.24. The average Bonchev–Trinajstić information content (AvgIpc) is 2.62. The molecule has 1 saturated carbocycles. The van der Waals surface area contributed by atoms with Crippen molar-refractivity contribution in [1.82, 2.24) is 0 Å². The van der Waals surface area contributed by atoms with Crippen molar-refractivity contribution in [2.24, 2.45) is 5.92 Å². The van der Waals surface area contributed by atoms with E-state index in [9.17, 15) is 13.2 Å². The molecule has 5 heteroatoms. The maximum Gasteiger partial charge on any atom is 0.416 e. The molecule has 0 radical (unpaired) electrons. The van der Waals surface area contributed by atoms with Crippen molar-refractivity contribution in [3.63, 3.8) is 0 Å². The molecular weight excluding hydrogens is 299 g/mol. The van der Waals surface area contributed by atoms with Gasteiger partial charge in [-0.2, -0.15) is 13.2 Å². The minimum atomic E-state index is -4.36. The molecule has 1 aliphatic carbocycles. The lowest BCUT2D eigenvalue weighted by Gasteiger charge is -2.19. The van der Waals surface area contributed by atoms with Gasteiger partial charge in [-0.3, -0.25) is 0 Å². The van der Waals surface area contributed by atoms with Crippen molar-refractivity contribution in [1.29, 1.82) is 0 Å². The van der Waals surface area contributed by atoms with E-state index in [0.717, 1.165) is 43.7 Å². The van der Waals surface area contributed by atoms with Crippen LogP contribution in [0.3, 0.4) is 0 Å². The van der Waals surface area contributed by atoms with Gasteiger partial charge in [-0.1, -0.05) is 37.8 Å². The minimum Gasteiger partial charge on any atom is -0.382 e. The Morgan fingerprint density at radius 1 is 1.14 bits per heavy atom. The Kier molecular flexibility index (Phi) is 5.42. The molecule has 0 saturated heterocycles. The monoisotopic (exact) mass is 319 g/mol. The van der Waals surface area contributed by atoms with E-state index in [0.29, 0.717) is 5.69 Å². The molecule has 1 nitrogen and oxygen atoms in total. The largest absolute Gasteiger partial charge is 0.416 e. The maximum atomic E-state index is 12.8. The third-order valence-corrected chi connectivity index (χ3v) is 4.48. The molecule has 1 aromatic carbocycles. The van der Waals surface area contributed by atoms with Crippen molar-refractivity contribution in [2.45, 2.75) is 57.7 Å². The van der Waals surface area contributed by atoms with Gasteiger partial charge in [0.1, 0.15) is 0 Å². The number of hydrogen-bond donors (Lipinski definition) is 1. The topological polar surface area (TPSA) is 12.0 Å². The van der Waals surface area contributed by atoms with Gasteiger partial charge in [0.05, 0.1) is 5.56 Å². The molecule has 0 aliphatic heterocycles. The van der Waals surface area contributed by atoms with E-state index in [1.165, 1.54) is 12.8 Å². The van der Waals surface area contributed by atoms with Crippen molar-refractivity contribution < 1.29 is 13.2 Å². The number of anilines is 1.